The zero-order valence-corrected chi connectivity index (χ0v) is 10.2. The number of rotatable bonds is 1. The van der Waals surface area contributed by atoms with Crippen LogP contribution in [0.2, 0.25) is 0 Å². The fourth-order valence-electron chi connectivity index (χ4n) is 2.14. The Bertz CT molecular complexity index is 316. The van der Waals surface area contributed by atoms with E-state index in [1.165, 1.54) is 47.8 Å². The molecule has 1 aromatic heterocycles. The van der Waals surface area contributed by atoms with Gasteiger partial charge < -0.3 is 0 Å². The molecule has 0 saturated heterocycles. The average Bonchev–Trinajstić information content (AvgIpc) is 2.23. The predicted octanol–water partition coefficient (Wildman–Crippen LogP) is 4.20. The van der Waals surface area contributed by atoms with Crippen molar-refractivity contribution in [2.75, 3.05) is 0 Å². The molecule has 0 atom stereocenters. The van der Waals surface area contributed by atoms with Gasteiger partial charge in [-0.05, 0) is 31.4 Å². The summed E-state index contributed by atoms with van der Waals surface area (Å²) in [6, 6.07) is 2.20. The van der Waals surface area contributed by atoms with Gasteiger partial charge in [-0.25, -0.2) is 0 Å². The van der Waals surface area contributed by atoms with E-state index in [1.54, 1.807) is 0 Å². The zero-order valence-electron chi connectivity index (χ0n) is 8.59. The number of hydrogen-bond donors (Lipinski definition) is 0. The molecule has 0 spiro atoms. The van der Waals surface area contributed by atoms with Crippen LogP contribution in [0.3, 0.4) is 0 Å². The molecule has 2 heteroatoms. The van der Waals surface area contributed by atoms with Gasteiger partial charge in [-0.2, -0.15) is 0 Å². The minimum atomic E-state index is 0.709. The van der Waals surface area contributed by atoms with Crippen LogP contribution in [0.5, 0.6) is 0 Å². The third kappa shape index (κ3) is 2.17. The van der Waals surface area contributed by atoms with Crippen molar-refractivity contribution in [1.29, 1.82) is 0 Å². The van der Waals surface area contributed by atoms with Crippen LogP contribution in [-0.2, 0) is 0 Å². The summed E-state index contributed by atoms with van der Waals surface area (Å²) in [6.07, 6.45) is 8.78. The van der Waals surface area contributed by atoms with Crippen LogP contribution >= 0.6 is 15.9 Å². The van der Waals surface area contributed by atoms with E-state index in [-0.39, 0.29) is 0 Å². The van der Waals surface area contributed by atoms with E-state index in [4.69, 9.17) is 0 Å². The predicted molar refractivity (Wildman–Crippen MR) is 62.5 cm³/mol. The normalized spacial score (nSPS) is 18.4. The molecular formula is C12H16BrN. The molecule has 0 radical (unpaired) electrons. The van der Waals surface area contributed by atoms with Crippen LogP contribution in [0.25, 0.3) is 0 Å². The molecule has 76 valence electrons. The zero-order chi connectivity index (χ0) is 9.97. The lowest BCUT2D eigenvalue weighted by molar-refractivity contribution is 0.436. The first kappa shape index (κ1) is 10.2. The largest absolute Gasteiger partial charge is 0.261 e. The van der Waals surface area contributed by atoms with Gasteiger partial charge in [0.15, 0.2) is 0 Å². The van der Waals surface area contributed by atoms with Crippen LogP contribution in [0.15, 0.2) is 16.7 Å². The third-order valence-electron chi connectivity index (χ3n) is 3.08. The number of hydrogen-bond acceptors (Lipinski definition) is 1. The number of halogens is 1. The monoisotopic (exact) mass is 253 g/mol. The molecule has 0 N–H and O–H groups in total. The lowest BCUT2D eigenvalue weighted by atomic mass is 9.86. The number of nitrogens with zero attached hydrogens (tertiary/aromatic N) is 1. The Morgan fingerprint density at radius 3 is 2.64 bits per heavy atom. The summed E-state index contributed by atoms with van der Waals surface area (Å²) < 4.78 is 1.20. The molecule has 0 unspecified atom stereocenters. The lowest BCUT2D eigenvalue weighted by Crippen LogP contribution is -2.06. The highest BCUT2D eigenvalue weighted by atomic mass is 79.9. The van der Waals surface area contributed by atoms with Crippen LogP contribution < -0.4 is 0 Å². The average molecular weight is 254 g/mol. The van der Waals surface area contributed by atoms with Gasteiger partial charge >= 0.3 is 0 Å². The molecule has 0 aromatic carbocycles. The highest BCUT2D eigenvalue weighted by molar-refractivity contribution is 9.10. The second-order valence-corrected chi connectivity index (χ2v) is 5.05. The smallest absolute Gasteiger partial charge is 0.0445 e. The first-order valence-corrected chi connectivity index (χ1v) is 6.18. The molecule has 14 heavy (non-hydrogen) atoms. The Morgan fingerprint density at radius 2 is 2.00 bits per heavy atom. The summed E-state index contributed by atoms with van der Waals surface area (Å²) in [5.41, 5.74) is 2.51. The lowest BCUT2D eigenvalue weighted by Gasteiger charge is -2.21. The van der Waals surface area contributed by atoms with Gasteiger partial charge in [-0.1, -0.05) is 35.2 Å². The molecule has 1 aliphatic rings. The van der Waals surface area contributed by atoms with E-state index in [9.17, 15) is 0 Å². The molecule has 0 amide bonds. The summed E-state index contributed by atoms with van der Waals surface area (Å²) in [5, 5.41) is 0. The van der Waals surface area contributed by atoms with Crippen molar-refractivity contribution in [3.05, 3.63) is 28.0 Å². The molecule has 0 aliphatic heterocycles. The van der Waals surface area contributed by atoms with E-state index in [0.717, 1.165) is 0 Å². The summed E-state index contributed by atoms with van der Waals surface area (Å²) in [6.45, 7) is 2.09. The molecule has 1 aromatic rings. The maximum atomic E-state index is 4.53. The standard InChI is InChI=1S/C12H16BrN/c1-9-8-14-12(7-11(9)13)10-5-3-2-4-6-10/h7-8,10H,2-6H2,1H3. The van der Waals surface area contributed by atoms with Gasteiger partial charge in [-0.3, -0.25) is 4.98 Å². The maximum Gasteiger partial charge on any atom is 0.0445 e. The van der Waals surface area contributed by atoms with Crippen LogP contribution in [0, 0.1) is 6.92 Å². The summed E-state index contributed by atoms with van der Waals surface area (Å²) in [5.74, 6) is 0.709. The SMILES string of the molecule is Cc1cnc(C2CCCCC2)cc1Br. The van der Waals surface area contributed by atoms with Crippen molar-refractivity contribution in [1.82, 2.24) is 4.98 Å². The van der Waals surface area contributed by atoms with Crippen LogP contribution in [0.4, 0.5) is 0 Å². The summed E-state index contributed by atoms with van der Waals surface area (Å²) in [4.78, 5) is 4.53. The van der Waals surface area contributed by atoms with Crippen LogP contribution in [0.1, 0.15) is 49.3 Å². The first-order valence-electron chi connectivity index (χ1n) is 5.39. The second kappa shape index (κ2) is 4.43. The Labute approximate surface area is 94.1 Å². The third-order valence-corrected chi connectivity index (χ3v) is 3.94. The van der Waals surface area contributed by atoms with E-state index < -0.39 is 0 Å². The fraction of sp³-hybridized carbons (Fsp3) is 0.583. The van der Waals surface area contributed by atoms with Crippen molar-refractivity contribution in [3.63, 3.8) is 0 Å². The van der Waals surface area contributed by atoms with Gasteiger partial charge in [0, 0.05) is 22.3 Å². The first-order chi connectivity index (χ1) is 6.77. The molecule has 2 rings (SSSR count). The number of aryl methyl sites for hydroxylation is 1. The van der Waals surface area contributed by atoms with Crippen molar-refractivity contribution >= 4 is 15.9 Å². The minimum absolute atomic E-state index is 0.709. The Kier molecular flexibility index (Phi) is 3.22. The molecular weight excluding hydrogens is 238 g/mol. The van der Waals surface area contributed by atoms with Gasteiger partial charge in [0.25, 0.3) is 0 Å². The topological polar surface area (TPSA) is 12.9 Å². The van der Waals surface area contributed by atoms with E-state index in [2.05, 4.69) is 33.9 Å². The van der Waals surface area contributed by atoms with Crippen molar-refractivity contribution in [3.8, 4) is 0 Å². The highest BCUT2D eigenvalue weighted by Crippen LogP contribution is 2.32. The number of aromatic nitrogens is 1. The minimum Gasteiger partial charge on any atom is -0.261 e. The fourth-order valence-corrected chi connectivity index (χ4v) is 2.47. The van der Waals surface area contributed by atoms with E-state index in [0.29, 0.717) is 5.92 Å². The molecule has 1 aliphatic carbocycles. The van der Waals surface area contributed by atoms with Gasteiger partial charge in [0.1, 0.15) is 0 Å². The Morgan fingerprint density at radius 1 is 1.29 bits per heavy atom. The molecule has 1 fully saturated rings. The van der Waals surface area contributed by atoms with E-state index >= 15 is 0 Å². The molecule has 0 bridgehead atoms. The quantitative estimate of drug-likeness (QED) is 0.731. The van der Waals surface area contributed by atoms with Crippen molar-refractivity contribution in [2.45, 2.75) is 44.9 Å². The summed E-state index contributed by atoms with van der Waals surface area (Å²) in [7, 11) is 0. The summed E-state index contributed by atoms with van der Waals surface area (Å²) >= 11 is 3.57. The maximum absolute atomic E-state index is 4.53. The van der Waals surface area contributed by atoms with Crippen molar-refractivity contribution in [2.24, 2.45) is 0 Å². The Balaban J connectivity index is 2.18. The van der Waals surface area contributed by atoms with Gasteiger partial charge in [0.05, 0.1) is 0 Å². The van der Waals surface area contributed by atoms with Crippen molar-refractivity contribution < 1.29 is 0 Å². The second-order valence-electron chi connectivity index (χ2n) is 4.19. The molecule has 1 nitrogen and oxygen atoms in total. The van der Waals surface area contributed by atoms with Gasteiger partial charge in [-0.15, -0.1) is 0 Å². The molecule has 1 saturated carbocycles. The molecule has 1 heterocycles. The van der Waals surface area contributed by atoms with Gasteiger partial charge in [0.2, 0.25) is 0 Å². The van der Waals surface area contributed by atoms with E-state index in [1.807, 2.05) is 6.20 Å². The highest BCUT2D eigenvalue weighted by Gasteiger charge is 2.16. The Hall–Kier alpha value is -0.370. The van der Waals surface area contributed by atoms with Crippen LogP contribution in [-0.4, -0.2) is 4.98 Å². The number of pyridine rings is 1.